The predicted octanol–water partition coefficient (Wildman–Crippen LogP) is -1.25. The van der Waals surface area contributed by atoms with E-state index >= 15 is 0 Å². The molecule has 1 saturated heterocycles. The Bertz CT molecular complexity index is 147. The van der Waals surface area contributed by atoms with Crippen molar-refractivity contribution >= 4 is 5.91 Å². The van der Waals surface area contributed by atoms with E-state index in [1.165, 1.54) is 0 Å². The van der Waals surface area contributed by atoms with Gasteiger partial charge in [-0.1, -0.05) is 0 Å². The summed E-state index contributed by atoms with van der Waals surface area (Å²) in [6.45, 7) is 0.302. The summed E-state index contributed by atoms with van der Waals surface area (Å²) >= 11 is 0. The van der Waals surface area contributed by atoms with E-state index in [2.05, 4.69) is 5.22 Å². The van der Waals surface area contributed by atoms with Gasteiger partial charge < -0.3 is 5.11 Å². The smallest absolute Gasteiger partial charge is 0.272 e. The average Bonchev–Trinajstić information content (AvgIpc) is 2.15. The van der Waals surface area contributed by atoms with E-state index in [1.54, 1.807) is 0 Å². The van der Waals surface area contributed by atoms with Crippen molar-refractivity contribution in [1.82, 2.24) is 10.5 Å². The van der Waals surface area contributed by atoms with Crippen molar-refractivity contribution in [2.75, 3.05) is 6.54 Å². The molecule has 1 unspecified atom stereocenters. The summed E-state index contributed by atoms with van der Waals surface area (Å²) in [7, 11) is 0. The van der Waals surface area contributed by atoms with Crippen LogP contribution in [0.5, 0.6) is 0 Å². The molecule has 5 heteroatoms. The van der Waals surface area contributed by atoms with Gasteiger partial charge in [0.05, 0.1) is 0 Å². The van der Waals surface area contributed by atoms with E-state index in [1.807, 2.05) is 0 Å². The third-order valence-corrected chi connectivity index (χ3v) is 1.26. The van der Waals surface area contributed by atoms with Crippen molar-refractivity contribution in [1.29, 1.82) is 0 Å². The molecule has 1 rings (SSSR count). The highest BCUT2D eigenvalue weighted by atomic mass is 16.3. The number of hydrogen-bond acceptors (Lipinski definition) is 3. The highest BCUT2D eigenvalue weighted by Crippen LogP contribution is 2.09. The second kappa shape index (κ2) is 2.10. The molecule has 1 heterocycles. The number of carbonyl (C=O) groups excluding carboxylic acids is 1. The van der Waals surface area contributed by atoms with Crippen LogP contribution in [0.2, 0.25) is 0 Å². The lowest BCUT2D eigenvalue weighted by atomic mass is 10.3. The fourth-order valence-corrected chi connectivity index (χ4v) is 0.739. The van der Waals surface area contributed by atoms with Gasteiger partial charge in [0, 0.05) is 13.0 Å². The van der Waals surface area contributed by atoms with E-state index in [4.69, 9.17) is 10.6 Å². The van der Waals surface area contributed by atoms with Crippen molar-refractivity contribution < 1.29 is 9.90 Å². The van der Waals surface area contributed by atoms with Crippen LogP contribution < -0.4 is 5.53 Å². The van der Waals surface area contributed by atoms with Crippen LogP contribution >= 0.6 is 0 Å². The topological polar surface area (TPSA) is 75.2 Å². The quantitative estimate of drug-likeness (QED) is 0.448. The standard InChI is InChI=1S/C4H6N3O2/c5-6-7-2-1-3(8)4(7)9/h3,8H,1-2H2. The Morgan fingerprint density at radius 3 is 2.78 bits per heavy atom. The van der Waals surface area contributed by atoms with E-state index in [0.717, 1.165) is 5.01 Å². The molecule has 1 aliphatic heterocycles. The molecule has 0 bridgehead atoms. The van der Waals surface area contributed by atoms with Crippen LogP contribution in [0.1, 0.15) is 6.42 Å². The summed E-state index contributed by atoms with van der Waals surface area (Å²) in [6, 6.07) is 0. The van der Waals surface area contributed by atoms with Crippen LogP contribution in [0, 0.1) is 0 Å². The molecule has 1 radical (unpaired) electrons. The molecule has 1 fully saturated rings. The number of aliphatic hydroxyl groups excluding tert-OH is 1. The Morgan fingerprint density at radius 2 is 2.56 bits per heavy atom. The van der Waals surface area contributed by atoms with Crippen molar-refractivity contribution in [2.24, 2.45) is 5.22 Å². The number of amides is 1. The maximum Gasteiger partial charge on any atom is 0.272 e. The zero-order valence-corrected chi connectivity index (χ0v) is 4.69. The number of carbonyl (C=O) groups is 1. The first-order chi connectivity index (χ1) is 4.25. The summed E-state index contributed by atoms with van der Waals surface area (Å²) < 4.78 is 0. The van der Waals surface area contributed by atoms with Gasteiger partial charge in [-0.15, -0.1) is 0 Å². The maximum atomic E-state index is 10.6. The minimum atomic E-state index is -0.971. The molecule has 1 N–H and O–H groups in total. The van der Waals surface area contributed by atoms with Gasteiger partial charge in [-0.05, 0) is 10.8 Å². The summed E-state index contributed by atoms with van der Waals surface area (Å²) in [5, 5.41) is 12.2. The highest BCUT2D eigenvalue weighted by molar-refractivity contribution is 5.82. The van der Waals surface area contributed by atoms with Crippen LogP contribution in [0.3, 0.4) is 0 Å². The molecular formula is C4H6N3O2. The van der Waals surface area contributed by atoms with Crippen molar-refractivity contribution in [3.05, 3.63) is 0 Å². The number of nitrogens with zero attached hydrogens (tertiary/aromatic N) is 3. The van der Waals surface area contributed by atoms with E-state index < -0.39 is 12.0 Å². The largest absolute Gasteiger partial charge is 0.383 e. The van der Waals surface area contributed by atoms with E-state index in [9.17, 15) is 4.79 Å². The SMILES string of the molecule is [N]=NN1CCC(O)C1=O. The molecule has 49 valence electrons. The van der Waals surface area contributed by atoms with Crippen LogP contribution in [0.4, 0.5) is 0 Å². The van der Waals surface area contributed by atoms with Crippen molar-refractivity contribution in [3.63, 3.8) is 0 Å². The van der Waals surface area contributed by atoms with Crippen molar-refractivity contribution in [2.45, 2.75) is 12.5 Å². The van der Waals surface area contributed by atoms with Crippen LogP contribution in [-0.2, 0) is 4.79 Å². The van der Waals surface area contributed by atoms with Crippen molar-refractivity contribution in [3.8, 4) is 0 Å². The van der Waals surface area contributed by atoms with Crippen LogP contribution in [-0.4, -0.2) is 28.7 Å². The average molecular weight is 128 g/mol. The lowest BCUT2D eigenvalue weighted by molar-refractivity contribution is -0.134. The lowest BCUT2D eigenvalue weighted by Gasteiger charge is -2.01. The lowest BCUT2D eigenvalue weighted by Crippen LogP contribution is -2.24. The highest BCUT2D eigenvalue weighted by Gasteiger charge is 2.29. The Balaban J connectivity index is 2.61. The number of rotatable bonds is 1. The monoisotopic (exact) mass is 128 g/mol. The van der Waals surface area contributed by atoms with Gasteiger partial charge in [-0.25, -0.2) is 5.01 Å². The normalized spacial score (nSPS) is 27.0. The molecule has 0 aromatic heterocycles. The molecule has 0 aromatic carbocycles. The van der Waals surface area contributed by atoms with Gasteiger partial charge in [-0.2, -0.15) is 0 Å². The van der Waals surface area contributed by atoms with Gasteiger partial charge in [0.15, 0.2) is 0 Å². The Kier molecular flexibility index (Phi) is 1.44. The molecule has 9 heavy (non-hydrogen) atoms. The summed E-state index contributed by atoms with van der Waals surface area (Å²) in [5.74, 6) is -0.530. The Labute approximate surface area is 51.8 Å². The van der Waals surface area contributed by atoms with E-state index in [0.29, 0.717) is 13.0 Å². The first-order valence-electron chi connectivity index (χ1n) is 2.60. The summed E-state index contributed by atoms with van der Waals surface area (Å²) in [5.41, 5.74) is 8.07. The molecular weight excluding hydrogens is 122 g/mol. The van der Waals surface area contributed by atoms with Gasteiger partial charge in [0.2, 0.25) is 0 Å². The van der Waals surface area contributed by atoms with Gasteiger partial charge in [0.25, 0.3) is 5.91 Å². The second-order valence-electron chi connectivity index (χ2n) is 1.86. The molecule has 1 aliphatic rings. The Hall–Kier alpha value is -0.970. The first kappa shape index (κ1) is 6.15. The fourth-order valence-electron chi connectivity index (χ4n) is 0.739. The Morgan fingerprint density at radius 1 is 1.89 bits per heavy atom. The van der Waals surface area contributed by atoms with Crippen LogP contribution in [0.25, 0.3) is 0 Å². The second-order valence-corrected chi connectivity index (χ2v) is 1.86. The zero-order chi connectivity index (χ0) is 6.85. The van der Waals surface area contributed by atoms with E-state index in [-0.39, 0.29) is 0 Å². The first-order valence-corrected chi connectivity index (χ1v) is 2.60. The van der Waals surface area contributed by atoms with Crippen LogP contribution in [0.15, 0.2) is 5.22 Å². The third-order valence-electron chi connectivity index (χ3n) is 1.26. The molecule has 0 aliphatic carbocycles. The molecule has 0 aromatic rings. The number of aliphatic hydroxyl groups is 1. The van der Waals surface area contributed by atoms with Gasteiger partial charge in [-0.3, -0.25) is 4.79 Å². The molecule has 1 amide bonds. The zero-order valence-electron chi connectivity index (χ0n) is 4.69. The van der Waals surface area contributed by atoms with Gasteiger partial charge in [0.1, 0.15) is 6.10 Å². The molecule has 1 atom stereocenters. The molecule has 0 spiro atoms. The molecule has 5 nitrogen and oxygen atoms in total. The summed E-state index contributed by atoms with van der Waals surface area (Å²) in [6.07, 6.45) is -0.621. The molecule has 0 saturated carbocycles. The predicted molar refractivity (Wildman–Crippen MR) is 26.9 cm³/mol. The fraction of sp³-hybridized carbons (Fsp3) is 0.750. The van der Waals surface area contributed by atoms with Gasteiger partial charge >= 0.3 is 0 Å². The third kappa shape index (κ3) is 0.904. The maximum absolute atomic E-state index is 10.6. The minimum Gasteiger partial charge on any atom is -0.383 e. The minimum absolute atomic E-state index is 0.302. The summed E-state index contributed by atoms with van der Waals surface area (Å²) in [4.78, 5) is 10.6. The number of hydrogen-bond donors (Lipinski definition) is 1.